The second kappa shape index (κ2) is 9.99. The van der Waals surface area contributed by atoms with Crippen LogP contribution in [0, 0.1) is 0 Å². The number of benzene rings is 2. The monoisotopic (exact) mass is 416 g/mol. The van der Waals surface area contributed by atoms with Gasteiger partial charge in [-0.15, -0.1) is 6.58 Å². The first-order valence-corrected chi connectivity index (χ1v) is 10.4. The molecule has 0 bridgehead atoms. The molecule has 1 N–H and O–H groups in total. The first-order chi connectivity index (χ1) is 13.8. The number of hydrogen-bond donors (Lipinski definition) is 1. The third-order valence-corrected chi connectivity index (χ3v) is 5.84. The Balaban J connectivity index is 1.95. The fraction of sp³-hybridized carbons (Fsp3) is 0.238. The van der Waals surface area contributed by atoms with Gasteiger partial charge < -0.3 is 9.64 Å². The molecule has 0 spiro atoms. The number of amides is 1. The van der Waals surface area contributed by atoms with E-state index in [1.165, 1.54) is 35.2 Å². The molecular formula is C21H24N2O5S. The lowest BCUT2D eigenvalue weighted by Crippen LogP contribution is -2.33. The minimum atomic E-state index is -3.67. The summed E-state index contributed by atoms with van der Waals surface area (Å²) >= 11 is 0. The van der Waals surface area contributed by atoms with Gasteiger partial charge in [0, 0.05) is 13.6 Å². The molecule has 2 rings (SSSR count). The molecule has 0 aromatic heterocycles. The minimum Gasteiger partial charge on any atom is -0.452 e. The average Bonchev–Trinajstić information content (AvgIpc) is 2.75. The first-order valence-electron chi connectivity index (χ1n) is 8.94. The fourth-order valence-corrected chi connectivity index (χ4v) is 3.50. The van der Waals surface area contributed by atoms with E-state index in [4.69, 9.17) is 4.74 Å². The van der Waals surface area contributed by atoms with Crippen LogP contribution in [-0.2, 0) is 19.6 Å². The lowest BCUT2D eigenvalue weighted by molar-refractivity contribution is -0.135. The average molecular weight is 416 g/mol. The van der Waals surface area contributed by atoms with Crippen LogP contribution >= 0.6 is 0 Å². The number of nitrogens with one attached hydrogen (secondary N) is 1. The van der Waals surface area contributed by atoms with Crippen molar-refractivity contribution < 1.29 is 22.7 Å². The number of sulfonamides is 1. The maximum atomic E-state index is 12.3. The molecule has 0 fully saturated rings. The van der Waals surface area contributed by atoms with Gasteiger partial charge in [-0.2, -0.15) is 0 Å². The lowest BCUT2D eigenvalue weighted by atomic mass is 10.1. The molecule has 7 nitrogen and oxygen atoms in total. The summed E-state index contributed by atoms with van der Waals surface area (Å²) in [5, 5.41) is 0. The number of carbonyl (C=O) groups excluding carboxylic acids is 2. The van der Waals surface area contributed by atoms with E-state index in [-0.39, 0.29) is 29.0 Å². The quantitative estimate of drug-likeness (QED) is 0.501. The maximum absolute atomic E-state index is 12.3. The molecule has 2 aromatic rings. The second-order valence-corrected chi connectivity index (χ2v) is 8.10. The Morgan fingerprint density at radius 3 is 2.34 bits per heavy atom. The molecule has 1 atom stereocenters. The summed E-state index contributed by atoms with van der Waals surface area (Å²) in [6.07, 6.45) is 1.43. The van der Waals surface area contributed by atoms with Gasteiger partial charge in [0.25, 0.3) is 5.91 Å². The van der Waals surface area contributed by atoms with Crippen molar-refractivity contribution in [2.75, 3.05) is 20.2 Å². The Kier molecular flexibility index (Phi) is 7.69. The lowest BCUT2D eigenvalue weighted by Gasteiger charge is -2.25. The van der Waals surface area contributed by atoms with E-state index >= 15 is 0 Å². The summed E-state index contributed by atoms with van der Waals surface area (Å²) in [5.41, 5.74) is 1.12. The second-order valence-electron chi connectivity index (χ2n) is 6.33. The van der Waals surface area contributed by atoms with Crippen molar-refractivity contribution in [2.45, 2.75) is 17.9 Å². The summed E-state index contributed by atoms with van der Waals surface area (Å²) in [4.78, 5) is 26.0. The van der Waals surface area contributed by atoms with Gasteiger partial charge in [-0.1, -0.05) is 36.4 Å². The summed E-state index contributed by atoms with van der Waals surface area (Å²) in [6, 6.07) is 14.6. The highest BCUT2D eigenvalue weighted by Gasteiger charge is 2.20. The topological polar surface area (TPSA) is 92.8 Å². The van der Waals surface area contributed by atoms with E-state index in [1.807, 2.05) is 37.3 Å². The van der Waals surface area contributed by atoms with Crippen LogP contribution in [0.15, 0.2) is 72.1 Å². The molecule has 0 aliphatic carbocycles. The molecule has 0 radical (unpaired) electrons. The number of esters is 1. The Morgan fingerprint density at radius 1 is 1.14 bits per heavy atom. The van der Waals surface area contributed by atoms with E-state index < -0.39 is 22.6 Å². The molecule has 1 amide bonds. The molecule has 0 heterocycles. The van der Waals surface area contributed by atoms with Crippen molar-refractivity contribution in [3.05, 3.63) is 78.4 Å². The molecular weight excluding hydrogens is 392 g/mol. The molecule has 0 unspecified atom stereocenters. The highest BCUT2D eigenvalue weighted by molar-refractivity contribution is 7.89. The van der Waals surface area contributed by atoms with E-state index in [2.05, 4.69) is 11.3 Å². The number of likely N-dealkylation sites (N-methyl/N-ethyl adjacent to an activating group) is 1. The molecule has 0 saturated heterocycles. The van der Waals surface area contributed by atoms with E-state index in [0.717, 1.165) is 5.56 Å². The van der Waals surface area contributed by atoms with Gasteiger partial charge >= 0.3 is 5.97 Å². The summed E-state index contributed by atoms with van der Waals surface area (Å²) in [6.45, 7) is 5.03. The predicted molar refractivity (Wildman–Crippen MR) is 110 cm³/mol. The standard InChI is InChI=1S/C21H24N2O5S/c1-4-14-22-29(26,27)19-12-10-18(11-13-19)21(25)28-15-20(24)23(3)16(2)17-8-6-5-7-9-17/h4-13,16,22H,1,14-15H2,2-3H3/t16-/m1/s1. The third-order valence-electron chi connectivity index (χ3n) is 4.40. The van der Waals surface area contributed by atoms with Gasteiger partial charge in [-0.05, 0) is 36.8 Å². The van der Waals surface area contributed by atoms with E-state index in [0.29, 0.717) is 0 Å². The number of carbonyl (C=O) groups is 2. The zero-order valence-electron chi connectivity index (χ0n) is 16.4. The van der Waals surface area contributed by atoms with E-state index in [1.54, 1.807) is 7.05 Å². The van der Waals surface area contributed by atoms with Gasteiger partial charge in [0.05, 0.1) is 16.5 Å². The van der Waals surface area contributed by atoms with Crippen LogP contribution in [0.5, 0.6) is 0 Å². The number of hydrogen-bond acceptors (Lipinski definition) is 5. The summed E-state index contributed by atoms with van der Waals surface area (Å²) < 4.78 is 31.5. The molecule has 154 valence electrons. The first kappa shape index (κ1) is 22.3. The SMILES string of the molecule is C=CCNS(=O)(=O)c1ccc(C(=O)OCC(=O)N(C)[C@H](C)c2ccccc2)cc1. The van der Waals surface area contributed by atoms with Gasteiger partial charge in [-0.25, -0.2) is 17.9 Å². The summed E-state index contributed by atoms with van der Waals surface area (Å²) in [7, 11) is -2.03. The highest BCUT2D eigenvalue weighted by Crippen LogP contribution is 2.18. The summed E-state index contributed by atoms with van der Waals surface area (Å²) in [5.74, 6) is -1.05. The molecule has 8 heteroatoms. The van der Waals surface area contributed by atoms with Gasteiger partial charge in [-0.3, -0.25) is 4.79 Å². The van der Waals surface area contributed by atoms with Crippen molar-refractivity contribution in [3.63, 3.8) is 0 Å². The smallest absolute Gasteiger partial charge is 0.338 e. The largest absolute Gasteiger partial charge is 0.452 e. The van der Waals surface area contributed by atoms with Gasteiger partial charge in [0.15, 0.2) is 6.61 Å². The Labute approximate surface area is 171 Å². The van der Waals surface area contributed by atoms with Crippen LogP contribution in [0.3, 0.4) is 0 Å². The number of rotatable bonds is 9. The Hall–Kier alpha value is -2.97. The van der Waals surface area contributed by atoms with Crippen LogP contribution in [-0.4, -0.2) is 45.4 Å². The van der Waals surface area contributed by atoms with Crippen LogP contribution in [0.1, 0.15) is 28.9 Å². The molecule has 2 aromatic carbocycles. The molecule has 0 aliphatic rings. The van der Waals surface area contributed by atoms with Crippen molar-refractivity contribution in [1.82, 2.24) is 9.62 Å². The normalized spacial score (nSPS) is 12.1. The third kappa shape index (κ3) is 6.00. The van der Waals surface area contributed by atoms with Crippen LogP contribution in [0.25, 0.3) is 0 Å². The van der Waals surface area contributed by atoms with Gasteiger partial charge in [0.2, 0.25) is 10.0 Å². The predicted octanol–water partition coefficient (Wildman–Crippen LogP) is 2.53. The number of nitrogens with zero attached hydrogens (tertiary/aromatic N) is 1. The Bertz CT molecular complexity index is 956. The zero-order valence-corrected chi connectivity index (χ0v) is 17.2. The van der Waals surface area contributed by atoms with Crippen LogP contribution in [0.4, 0.5) is 0 Å². The van der Waals surface area contributed by atoms with E-state index in [9.17, 15) is 18.0 Å². The molecule has 29 heavy (non-hydrogen) atoms. The van der Waals surface area contributed by atoms with Gasteiger partial charge in [0.1, 0.15) is 0 Å². The highest BCUT2D eigenvalue weighted by atomic mass is 32.2. The molecule has 0 saturated carbocycles. The van der Waals surface area contributed by atoms with Crippen molar-refractivity contribution in [3.8, 4) is 0 Å². The van der Waals surface area contributed by atoms with Crippen molar-refractivity contribution in [1.29, 1.82) is 0 Å². The molecule has 0 aliphatic heterocycles. The minimum absolute atomic E-state index is 0.0170. The van der Waals surface area contributed by atoms with Crippen LogP contribution in [0.2, 0.25) is 0 Å². The van der Waals surface area contributed by atoms with Crippen LogP contribution < -0.4 is 4.72 Å². The Morgan fingerprint density at radius 2 is 1.76 bits per heavy atom. The van der Waals surface area contributed by atoms with Crippen molar-refractivity contribution in [2.24, 2.45) is 0 Å². The fourth-order valence-electron chi connectivity index (χ4n) is 2.51. The zero-order chi connectivity index (χ0) is 21.4. The van der Waals surface area contributed by atoms with Crippen molar-refractivity contribution >= 4 is 21.9 Å². The maximum Gasteiger partial charge on any atom is 0.338 e. The number of ether oxygens (including phenoxy) is 1.